The molecule has 3 unspecified atom stereocenters. The number of ether oxygens (including phenoxy) is 1. The summed E-state index contributed by atoms with van der Waals surface area (Å²) >= 11 is 6.01. The molecule has 190 valence electrons. The number of hydrogen-bond acceptors (Lipinski definition) is 6. The third-order valence-electron chi connectivity index (χ3n) is 7.37. The molecule has 2 aromatic rings. The zero-order valence-corrected chi connectivity index (χ0v) is 20.2. The van der Waals surface area contributed by atoms with Crippen LogP contribution < -0.4 is 10.5 Å². The molecule has 0 heterocycles. The van der Waals surface area contributed by atoms with Gasteiger partial charge in [0.1, 0.15) is 22.8 Å². The third-order valence-corrected chi connectivity index (χ3v) is 10.00. The Balaban J connectivity index is 1.74. The number of hydrogen-bond donors (Lipinski definition) is 2. The number of benzene rings is 2. The number of carboxylic acid groups (broad SMARTS) is 1. The van der Waals surface area contributed by atoms with Crippen LogP contribution in [-0.2, 0) is 19.4 Å². The van der Waals surface area contributed by atoms with Crippen molar-refractivity contribution in [2.45, 2.75) is 29.4 Å². The highest BCUT2D eigenvalue weighted by Gasteiger charge is 2.75. The topological polar surface area (TPSA) is 148 Å². The van der Waals surface area contributed by atoms with E-state index in [0.717, 1.165) is 30.3 Å². The van der Waals surface area contributed by atoms with Gasteiger partial charge in [-0.2, -0.15) is 5.26 Å². The van der Waals surface area contributed by atoms with Crippen LogP contribution in [-0.4, -0.2) is 37.3 Å². The molecule has 4 rings (SSSR count). The van der Waals surface area contributed by atoms with E-state index in [4.69, 9.17) is 22.1 Å². The second-order valence-electron chi connectivity index (χ2n) is 9.19. The molecular weight excluding hydrogens is 518 g/mol. The summed E-state index contributed by atoms with van der Waals surface area (Å²) in [5.74, 6) is -5.41. The Morgan fingerprint density at radius 2 is 1.81 bits per heavy atom. The van der Waals surface area contributed by atoms with Gasteiger partial charge in [0.2, 0.25) is 5.91 Å². The van der Waals surface area contributed by atoms with Crippen molar-refractivity contribution < 1.29 is 36.6 Å². The number of carbonyl (C=O) groups excluding carboxylic acids is 1. The Labute approximate surface area is 210 Å². The first kappa shape index (κ1) is 25.9. The van der Waals surface area contributed by atoms with Crippen LogP contribution >= 0.6 is 11.6 Å². The molecule has 12 heteroatoms. The molecule has 0 aliphatic heterocycles. The highest BCUT2D eigenvalue weighted by Crippen LogP contribution is 2.68. The summed E-state index contributed by atoms with van der Waals surface area (Å²) in [6, 6.07) is 9.57. The minimum Gasteiger partial charge on any atom is -0.493 e. The minimum absolute atomic E-state index is 0.137. The first-order valence-corrected chi connectivity index (χ1v) is 12.8. The summed E-state index contributed by atoms with van der Waals surface area (Å²) in [5, 5.41) is 18.4. The van der Waals surface area contributed by atoms with Gasteiger partial charge in [0, 0.05) is 11.8 Å². The van der Waals surface area contributed by atoms with Crippen LogP contribution in [0.25, 0.3) is 0 Å². The molecule has 0 bridgehead atoms. The lowest BCUT2D eigenvalue weighted by Crippen LogP contribution is -2.43. The summed E-state index contributed by atoms with van der Waals surface area (Å²) in [6.07, 6.45) is -0.764. The van der Waals surface area contributed by atoms with Crippen molar-refractivity contribution in [1.82, 2.24) is 0 Å². The monoisotopic (exact) mass is 538 g/mol. The van der Waals surface area contributed by atoms with Crippen LogP contribution in [0.3, 0.4) is 0 Å². The Morgan fingerprint density at radius 3 is 2.33 bits per heavy atom. The van der Waals surface area contributed by atoms with E-state index in [1.807, 2.05) is 6.07 Å². The Bertz CT molecular complexity index is 1380. The molecule has 0 aromatic heterocycles. The van der Waals surface area contributed by atoms with Gasteiger partial charge in [-0.1, -0.05) is 11.6 Å². The standard InChI is InChI=1S/C24H21ClF2N2O6S/c25-18-8-15(27)3-6-19(18)36(33,34)17-7-13(11-35-16-4-1-14(26)2-5-16)24(9-17,22(31)32)20-10-23(20,12-28)21(29)30/h1-6,8,13,17,20H,7,9-11H2,(H2,29,30)(H,31,32)/t13-,17?,20?,23?,24-/m0/s1. The maximum absolute atomic E-state index is 13.5. The SMILES string of the molecule is N#CC1(C(N)=O)CC1[C@]1(C(=O)O)CC(S(=O)(=O)c2ccc(F)cc2Cl)C[C@H]1COc1ccc(F)cc1. The van der Waals surface area contributed by atoms with Crippen molar-refractivity contribution in [1.29, 1.82) is 5.26 Å². The van der Waals surface area contributed by atoms with Gasteiger partial charge >= 0.3 is 5.97 Å². The van der Waals surface area contributed by atoms with Gasteiger partial charge in [0.25, 0.3) is 0 Å². The van der Waals surface area contributed by atoms with E-state index in [1.165, 1.54) is 12.1 Å². The number of amides is 1. The molecule has 2 aromatic carbocycles. The highest BCUT2D eigenvalue weighted by atomic mass is 35.5. The molecule has 2 saturated carbocycles. The van der Waals surface area contributed by atoms with Gasteiger partial charge < -0.3 is 15.6 Å². The highest BCUT2D eigenvalue weighted by molar-refractivity contribution is 7.92. The Hall–Kier alpha value is -3.23. The number of primary amides is 1. The van der Waals surface area contributed by atoms with Crippen LogP contribution in [0.1, 0.15) is 19.3 Å². The smallest absolute Gasteiger partial charge is 0.310 e. The zero-order valence-electron chi connectivity index (χ0n) is 18.7. The van der Waals surface area contributed by atoms with Crippen LogP contribution in [0, 0.1) is 45.6 Å². The van der Waals surface area contributed by atoms with Crippen LogP contribution in [0.15, 0.2) is 47.4 Å². The van der Waals surface area contributed by atoms with Gasteiger partial charge in [0.05, 0.1) is 33.3 Å². The van der Waals surface area contributed by atoms with Gasteiger partial charge in [-0.3, -0.25) is 9.59 Å². The molecular formula is C24H21ClF2N2O6S. The van der Waals surface area contributed by atoms with E-state index in [0.29, 0.717) is 0 Å². The quantitative estimate of drug-likeness (QED) is 0.490. The van der Waals surface area contributed by atoms with Crippen molar-refractivity contribution in [2.24, 2.45) is 28.4 Å². The third kappa shape index (κ3) is 4.08. The van der Waals surface area contributed by atoms with Crippen LogP contribution in [0.4, 0.5) is 8.78 Å². The summed E-state index contributed by atoms with van der Waals surface area (Å²) < 4.78 is 59.5. The van der Waals surface area contributed by atoms with E-state index in [1.54, 1.807) is 0 Å². The summed E-state index contributed by atoms with van der Waals surface area (Å²) in [5.41, 5.74) is 1.85. The Kier molecular flexibility index (Phi) is 6.47. The molecule has 0 spiro atoms. The lowest BCUT2D eigenvalue weighted by atomic mass is 9.71. The molecule has 3 N–H and O–H groups in total. The van der Waals surface area contributed by atoms with Crippen molar-refractivity contribution in [2.75, 3.05) is 6.61 Å². The lowest BCUT2D eigenvalue weighted by molar-refractivity contribution is -0.154. The number of halogens is 3. The number of carbonyl (C=O) groups is 2. The van der Waals surface area contributed by atoms with Gasteiger partial charge in [0.15, 0.2) is 9.84 Å². The molecule has 2 aliphatic rings. The van der Waals surface area contributed by atoms with Crippen molar-refractivity contribution in [3.05, 3.63) is 59.1 Å². The zero-order chi connectivity index (χ0) is 26.5. The summed E-state index contributed by atoms with van der Waals surface area (Å²) in [4.78, 5) is 24.5. The van der Waals surface area contributed by atoms with E-state index < -0.39 is 67.7 Å². The number of carboxylic acids is 1. The number of nitrogens with zero attached hydrogens (tertiary/aromatic N) is 1. The largest absolute Gasteiger partial charge is 0.493 e. The van der Waals surface area contributed by atoms with E-state index in [-0.39, 0.29) is 35.1 Å². The molecule has 0 saturated heterocycles. The van der Waals surface area contributed by atoms with E-state index in [9.17, 15) is 37.2 Å². The second kappa shape index (κ2) is 9.01. The fraction of sp³-hybridized carbons (Fsp3) is 0.375. The van der Waals surface area contributed by atoms with Crippen molar-refractivity contribution >= 4 is 33.3 Å². The predicted octanol–water partition coefficient (Wildman–Crippen LogP) is 3.34. The van der Waals surface area contributed by atoms with Gasteiger partial charge in [-0.25, -0.2) is 17.2 Å². The van der Waals surface area contributed by atoms with Gasteiger partial charge in [-0.05, 0) is 61.7 Å². The number of sulfone groups is 1. The van der Waals surface area contributed by atoms with Crippen molar-refractivity contribution in [3.63, 3.8) is 0 Å². The summed E-state index contributed by atoms with van der Waals surface area (Å²) in [7, 11) is -4.25. The number of rotatable bonds is 8. The van der Waals surface area contributed by atoms with E-state index in [2.05, 4.69) is 0 Å². The number of nitrogens with two attached hydrogens (primary N) is 1. The number of nitriles is 1. The molecule has 5 atom stereocenters. The normalized spacial score (nSPS) is 29.3. The van der Waals surface area contributed by atoms with Crippen molar-refractivity contribution in [3.8, 4) is 11.8 Å². The molecule has 8 nitrogen and oxygen atoms in total. The fourth-order valence-electron chi connectivity index (χ4n) is 5.39. The molecule has 36 heavy (non-hydrogen) atoms. The van der Waals surface area contributed by atoms with Crippen LogP contribution in [0.2, 0.25) is 5.02 Å². The van der Waals surface area contributed by atoms with Gasteiger partial charge in [-0.15, -0.1) is 0 Å². The Morgan fingerprint density at radius 1 is 1.17 bits per heavy atom. The molecule has 2 fully saturated rings. The maximum atomic E-state index is 13.5. The summed E-state index contributed by atoms with van der Waals surface area (Å²) in [6.45, 7) is -0.280. The minimum atomic E-state index is -4.25. The predicted molar refractivity (Wildman–Crippen MR) is 122 cm³/mol. The first-order valence-electron chi connectivity index (χ1n) is 10.9. The second-order valence-corrected chi connectivity index (χ2v) is 11.8. The number of aliphatic carboxylic acids is 1. The van der Waals surface area contributed by atoms with Crippen LogP contribution in [0.5, 0.6) is 5.75 Å². The average Bonchev–Trinajstić information content (AvgIpc) is 3.44. The molecule has 0 radical (unpaired) electrons. The maximum Gasteiger partial charge on any atom is 0.310 e. The molecule has 1 amide bonds. The lowest BCUT2D eigenvalue weighted by Gasteiger charge is -2.32. The fourth-order valence-corrected chi connectivity index (χ4v) is 7.81. The average molecular weight is 539 g/mol. The van der Waals surface area contributed by atoms with E-state index >= 15 is 0 Å². The molecule has 2 aliphatic carbocycles. The first-order chi connectivity index (χ1) is 16.9.